The summed E-state index contributed by atoms with van der Waals surface area (Å²) in [5, 5.41) is 4.28. The number of rotatable bonds is 5. The Balaban J connectivity index is 1.40. The maximum Gasteiger partial charge on any atom is 0.184 e. The summed E-state index contributed by atoms with van der Waals surface area (Å²) >= 11 is 0. The molecule has 140 valence electrons. The highest BCUT2D eigenvalue weighted by atomic mass is 16.1. The average Bonchev–Trinajstić information content (AvgIpc) is 3.04. The van der Waals surface area contributed by atoms with Gasteiger partial charge < -0.3 is 19.7 Å². The number of ketones is 1. The zero-order valence-corrected chi connectivity index (χ0v) is 16.0. The van der Waals surface area contributed by atoms with Gasteiger partial charge in [0.05, 0.1) is 6.54 Å². The number of fused-ring (bicyclic) bond motifs is 1. The minimum atomic E-state index is 0.106. The molecule has 1 fully saturated rings. The number of nitrogens with one attached hydrogen (secondary N) is 1. The minimum absolute atomic E-state index is 0.106. The fourth-order valence-electron chi connectivity index (χ4n) is 3.70. The molecule has 4 rings (SSSR count). The fourth-order valence-corrected chi connectivity index (χ4v) is 3.70. The van der Waals surface area contributed by atoms with Crippen molar-refractivity contribution >= 4 is 28.1 Å². The van der Waals surface area contributed by atoms with E-state index in [1.165, 1.54) is 5.69 Å². The van der Waals surface area contributed by atoms with E-state index in [9.17, 15) is 4.79 Å². The van der Waals surface area contributed by atoms with Gasteiger partial charge in [0.25, 0.3) is 0 Å². The lowest BCUT2D eigenvalue weighted by atomic mass is 10.1. The van der Waals surface area contributed by atoms with Crippen LogP contribution in [0.4, 0.5) is 11.4 Å². The summed E-state index contributed by atoms with van der Waals surface area (Å²) in [5.41, 5.74) is 4.07. The Morgan fingerprint density at radius 1 is 0.963 bits per heavy atom. The van der Waals surface area contributed by atoms with Crippen molar-refractivity contribution in [2.45, 2.75) is 0 Å². The molecule has 0 bridgehead atoms. The number of piperazine rings is 1. The number of para-hydroxylation sites is 1. The number of aromatic nitrogens is 1. The molecule has 2 aromatic carbocycles. The molecule has 27 heavy (non-hydrogen) atoms. The molecule has 2 heterocycles. The quantitative estimate of drug-likeness (QED) is 0.708. The molecule has 0 atom stereocenters. The van der Waals surface area contributed by atoms with Crippen LogP contribution in [0, 0.1) is 0 Å². The molecule has 0 radical (unpaired) electrons. The molecule has 0 unspecified atom stereocenters. The predicted molar refractivity (Wildman–Crippen MR) is 112 cm³/mol. The van der Waals surface area contributed by atoms with Crippen LogP contribution in [0.15, 0.2) is 54.7 Å². The third-order valence-corrected chi connectivity index (χ3v) is 5.39. The molecule has 3 aromatic rings. The van der Waals surface area contributed by atoms with E-state index in [0.717, 1.165) is 48.3 Å². The lowest BCUT2D eigenvalue weighted by Gasteiger charge is -2.34. The van der Waals surface area contributed by atoms with Crippen LogP contribution >= 0.6 is 0 Å². The van der Waals surface area contributed by atoms with Gasteiger partial charge in [-0.05, 0) is 37.4 Å². The molecule has 0 saturated carbocycles. The van der Waals surface area contributed by atoms with Crippen LogP contribution in [0.25, 0.3) is 10.9 Å². The number of likely N-dealkylation sites (N-methyl/N-ethyl adjacent to an activating group) is 1. The lowest BCUT2D eigenvalue weighted by Crippen LogP contribution is -2.44. The van der Waals surface area contributed by atoms with Gasteiger partial charge in [-0.3, -0.25) is 4.79 Å². The van der Waals surface area contributed by atoms with E-state index in [1.807, 2.05) is 42.1 Å². The van der Waals surface area contributed by atoms with Crippen LogP contribution in [0.2, 0.25) is 0 Å². The second kappa shape index (κ2) is 7.45. The van der Waals surface area contributed by atoms with E-state index in [1.54, 1.807) is 0 Å². The second-order valence-electron chi connectivity index (χ2n) is 7.28. The van der Waals surface area contributed by atoms with Crippen LogP contribution in [-0.2, 0) is 7.05 Å². The molecule has 1 aliphatic heterocycles. The zero-order valence-electron chi connectivity index (χ0n) is 16.0. The molecule has 1 saturated heterocycles. The van der Waals surface area contributed by atoms with Gasteiger partial charge in [-0.1, -0.05) is 18.2 Å². The van der Waals surface area contributed by atoms with Crippen LogP contribution in [0.5, 0.6) is 0 Å². The van der Waals surface area contributed by atoms with E-state index in [4.69, 9.17) is 0 Å². The number of Topliss-reactive ketones (excluding diaryl/α,β-unsaturated/α-hetero) is 1. The summed E-state index contributed by atoms with van der Waals surface area (Å²) < 4.78 is 2.01. The Bertz CT molecular complexity index is 937. The van der Waals surface area contributed by atoms with E-state index < -0.39 is 0 Å². The first-order valence-electron chi connectivity index (χ1n) is 9.46. The molecule has 1 aromatic heterocycles. The summed E-state index contributed by atoms with van der Waals surface area (Å²) in [6, 6.07) is 16.4. The normalized spacial score (nSPS) is 15.3. The molecule has 1 N–H and O–H groups in total. The number of carbonyl (C=O) groups excluding carboxylic acids is 1. The Labute approximate surface area is 160 Å². The topological polar surface area (TPSA) is 40.5 Å². The highest BCUT2D eigenvalue weighted by Crippen LogP contribution is 2.22. The summed E-state index contributed by atoms with van der Waals surface area (Å²) in [6.45, 7) is 4.60. The Morgan fingerprint density at radius 2 is 1.67 bits per heavy atom. The first-order chi connectivity index (χ1) is 13.1. The Morgan fingerprint density at radius 3 is 2.41 bits per heavy atom. The number of nitrogens with zero attached hydrogens (tertiary/aromatic N) is 3. The van der Waals surface area contributed by atoms with Gasteiger partial charge in [-0.25, -0.2) is 0 Å². The first-order valence-corrected chi connectivity index (χ1v) is 9.46. The highest BCUT2D eigenvalue weighted by Gasteiger charge is 2.15. The Kier molecular flexibility index (Phi) is 4.86. The summed E-state index contributed by atoms with van der Waals surface area (Å²) in [4.78, 5) is 17.5. The van der Waals surface area contributed by atoms with Crippen LogP contribution in [0.3, 0.4) is 0 Å². The van der Waals surface area contributed by atoms with Crippen LogP contribution in [-0.4, -0.2) is 55.0 Å². The Hall–Kier alpha value is -2.79. The van der Waals surface area contributed by atoms with Crippen molar-refractivity contribution < 1.29 is 4.79 Å². The van der Waals surface area contributed by atoms with Crippen molar-refractivity contribution in [3.63, 3.8) is 0 Å². The maximum atomic E-state index is 12.7. The standard InChI is InChI=1S/C22H26N4O/c1-24-11-13-26(14-12-24)18-9-7-17(8-10-18)23-15-22(27)20-16-25(2)21-6-4-3-5-19(20)21/h3-10,16,23H,11-15H2,1-2H3. The fraction of sp³-hybridized carbons (Fsp3) is 0.318. The molecular formula is C22H26N4O. The molecular weight excluding hydrogens is 336 g/mol. The SMILES string of the molecule is CN1CCN(c2ccc(NCC(=O)c3cn(C)c4ccccc34)cc2)CC1. The number of benzene rings is 2. The minimum Gasteiger partial charge on any atom is -0.378 e. The molecule has 5 heteroatoms. The zero-order chi connectivity index (χ0) is 18.8. The van der Waals surface area contributed by atoms with Crippen LogP contribution in [0.1, 0.15) is 10.4 Å². The molecule has 0 aliphatic carbocycles. The van der Waals surface area contributed by atoms with E-state index in [-0.39, 0.29) is 5.78 Å². The first kappa shape index (κ1) is 17.6. The van der Waals surface area contributed by atoms with E-state index in [0.29, 0.717) is 6.54 Å². The molecule has 5 nitrogen and oxygen atoms in total. The van der Waals surface area contributed by atoms with Gasteiger partial charge >= 0.3 is 0 Å². The third-order valence-electron chi connectivity index (χ3n) is 5.39. The van der Waals surface area contributed by atoms with E-state index >= 15 is 0 Å². The van der Waals surface area contributed by atoms with Crippen molar-refractivity contribution in [2.75, 3.05) is 50.0 Å². The number of aryl methyl sites for hydroxylation is 1. The largest absolute Gasteiger partial charge is 0.378 e. The number of hydrogen-bond acceptors (Lipinski definition) is 4. The third kappa shape index (κ3) is 3.69. The second-order valence-corrected chi connectivity index (χ2v) is 7.28. The van der Waals surface area contributed by atoms with Crippen molar-refractivity contribution in [3.05, 3.63) is 60.3 Å². The average molecular weight is 362 g/mol. The van der Waals surface area contributed by atoms with Gasteiger partial charge in [0.2, 0.25) is 0 Å². The summed E-state index contributed by atoms with van der Waals surface area (Å²) in [5.74, 6) is 0.106. The van der Waals surface area contributed by atoms with Gasteiger partial charge in [-0.2, -0.15) is 0 Å². The lowest BCUT2D eigenvalue weighted by molar-refractivity contribution is 0.101. The number of carbonyl (C=O) groups is 1. The van der Waals surface area contributed by atoms with Crippen molar-refractivity contribution in [1.82, 2.24) is 9.47 Å². The number of hydrogen-bond donors (Lipinski definition) is 1. The maximum absolute atomic E-state index is 12.7. The molecule has 0 spiro atoms. The smallest absolute Gasteiger partial charge is 0.184 e. The van der Waals surface area contributed by atoms with Gasteiger partial charge in [0.1, 0.15) is 0 Å². The van der Waals surface area contributed by atoms with Crippen molar-refractivity contribution in [2.24, 2.45) is 7.05 Å². The van der Waals surface area contributed by atoms with Gasteiger partial charge in [0, 0.05) is 67.3 Å². The monoisotopic (exact) mass is 362 g/mol. The summed E-state index contributed by atoms with van der Waals surface area (Å²) in [7, 11) is 4.14. The molecule has 1 aliphatic rings. The van der Waals surface area contributed by atoms with E-state index in [2.05, 4.69) is 46.4 Å². The van der Waals surface area contributed by atoms with Crippen LogP contribution < -0.4 is 10.2 Å². The van der Waals surface area contributed by atoms with Crippen molar-refractivity contribution in [3.8, 4) is 0 Å². The van der Waals surface area contributed by atoms with Gasteiger partial charge in [-0.15, -0.1) is 0 Å². The summed E-state index contributed by atoms with van der Waals surface area (Å²) in [6.07, 6.45) is 1.92. The molecule has 0 amide bonds. The van der Waals surface area contributed by atoms with Gasteiger partial charge in [0.15, 0.2) is 5.78 Å². The van der Waals surface area contributed by atoms with Crippen molar-refractivity contribution in [1.29, 1.82) is 0 Å². The number of anilines is 2. The predicted octanol–water partition coefficient (Wildman–Crippen LogP) is 3.22. The highest BCUT2D eigenvalue weighted by molar-refractivity contribution is 6.09.